The fourth-order valence-corrected chi connectivity index (χ4v) is 6.12. The van der Waals surface area contributed by atoms with Gasteiger partial charge in [-0.2, -0.15) is 0 Å². The van der Waals surface area contributed by atoms with E-state index in [0.717, 1.165) is 9.87 Å². The molecule has 0 aliphatic heterocycles. The van der Waals surface area contributed by atoms with Crippen LogP contribution in [0.15, 0.2) is 71.6 Å². The SMILES string of the molecule is CC[C@H](C(=O)NCC(C)C)N(Cc1ccccc1Cl)C(=O)CN(c1ccc(C)cc1)S(=O)(=O)c1ccc(OC)c(OC)c1. The third-order valence-corrected chi connectivity index (χ3v) is 9.05. The lowest BCUT2D eigenvalue weighted by Gasteiger charge is -2.33. The van der Waals surface area contributed by atoms with Crippen LogP contribution >= 0.6 is 11.6 Å². The number of nitrogens with zero attached hydrogens (tertiary/aromatic N) is 2. The minimum Gasteiger partial charge on any atom is -0.493 e. The second-order valence-corrected chi connectivity index (χ2v) is 12.8. The van der Waals surface area contributed by atoms with E-state index in [9.17, 15) is 18.0 Å². The zero-order valence-corrected chi connectivity index (χ0v) is 27.0. The van der Waals surface area contributed by atoms with Gasteiger partial charge in [-0.1, -0.05) is 68.3 Å². The maximum atomic E-state index is 14.2. The summed E-state index contributed by atoms with van der Waals surface area (Å²) in [6.07, 6.45) is 0.313. The Kier molecular flexibility index (Phi) is 11.9. The van der Waals surface area contributed by atoms with E-state index >= 15 is 0 Å². The Bertz CT molecular complexity index is 1510. The van der Waals surface area contributed by atoms with Crippen molar-refractivity contribution in [2.45, 2.75) is 51.6 Å². The Morgan fingerprint density at radius 1 is 0.953 bits per heavy atom. The number of aryl methyl sites for hydroxylation is 1. The molecule has 9 nitrogen and oxygen atoms in total. The first-order chi connectivity index (χ1) is 20.4. The van der Waals surface area contributed by atoms with Crippen LogP contribution in [0.3, 0.4) is 0 Å². The van der Waals surface area contributed by atoms with Gasteiger partial charge in [0.25, 0.3) is 10.0 Å². The predicted molar refractivity (Wildman–Crippen MR) is 169 cm³/mol. The van der Waals surface area contributed by atoms with E-state index in [4.69, 9.17) is 21.1 Å². The quantitative estimate of drug-likeness (QED) is 0.255. The first kappa shape index (κ1) is 33.7. The van der Waals surface area contributed by atoms with Crippen molar-refractivity contribution in [1.82, 2.24) is 10.2 Å². The lowest BCUT2D eigenvalue weighted by atomic mass is 10.1. The summed E-state index contributed by atoms with van der Waals surface area (Å²) in [5, 5.41) is 3.35. The number of anilines is 1. The molecule has 0 fully saturated rings. The highest BCUT2D eigenvalue weighted by Gasteiger charge is 2.34. The summed E-state index contributed by atoms with van der Waals surface area (Å²) < 4.78 is 40.0. The molecule has 0 aromatic heterocycles. The molecule has 3 aromatic carbocycles. The van der Waals surface area contributed by atoms with Crippen molar-refractivity contribution in [3.63, 3.8) is 0 Å². The Morgan fingerprint density at radius 2 is 1.60 bits per heavy atom. The molecule has 1 N–H and O–H groups in total. The Labute approximate surface area is 259 Å². The van der Waals surface area contributed by atoms with Crippen molar-refractivity contribution in [3.05, 3.63) is 82.9 Å². The Hall–Kier alpha value is -3.76. The minimum absolute atomic E-state index is 0.0181. The van der Waals surface area contributed by atoms with Gasteiger partial charge in [0.15, 0.2) is 11.5 Å². The summed E-state index contributed by atoms with van der Waals surface area (Å²) in [4.78, 5) is 28.9. The van der Waals surface area contributed by atoms with E-state index in [1.165, 1.54) is 37.3 Å². The smallest absolute Gasteiger partial charge is 0.264 e. The number of sulfonamides is 1. The first-order valence-corrected chi connectivity index (χ1v) is 15.9. The molecule has 0 heterocycles. The number of ether oxygens (including phenoxy) is 2. The summed E-state index contributed by atoms with van der Waals surface area (Å²) in [5.74, 6) is -0.0781. The minimum atomic E-state index is -4.28. The summed E-state index contributed by atoms with van der Waals surface area (Å²) in [6.45, 7) is 7.55. The molecule has 0 radical (unpaired) electrons. The molecule has 3 aromatic rings. The molecule has 0 spiro atoms. The predicted octanol–water partition coefficient (Wildman–Crippen LogP) is 5.44. The van der Waals surface area contributed by atoms with Gasteiger partial charge in [0, 0.05) is 24.2 Å². The van der Waals surface area contributed by atoms with Gasteiger partial charge in [-0.25, -0.2) is 8.42 Å². The maximum absolute atomic E-state index is 14.2. The first-order valence-electron chi connectivity index (χ1n) is 14.0. The van der Waals surface area contributed by atoms with Crippen molar-refractivity contribution in [1.29, 1.82) is 0 Å². The fraction of sp³-hybridized carbons (Fsp3) is 0.375. The summed E-state index contributed by atoms with van der Waals surface area (Å²) in [5.41, 5.74) is 1.85. The standard InChI is InChI=1S/C32H40ClN3O6S/c1-7-28(32(38)34-19-22(2)3)35(20-24-10-8-9-11-27(24)33)31(37)21-36(25-14-12-23(4)13-15-25)43(39,40)26-16-17-29(41-5)30(18-26)42-6/h8-18,22,28H,7,19-21H2,1-6H3,(H,34,38)/t28-/m1/s1. The number of nitrogens with one attached hydrogen (secondary N) is 1. The third kappa shape index (κ3) is 8.42. The van der Waals surface area contributed by atoms with Gasteiger partial charge in [-0.3, -0.25) is 13.9 Å². The zero-order chi connectivity index (χ0) is 31.7. The molecular weight excluding hydrogens is 590 g/mol. The van der Waals surface area contributed by atoms with Gasteiger partial charge in [0.05, 0.1) is 24.8 Å². The van der Waals surface area contributed by atoms with Crippen LogP contribution in [-0.2, 0) is 26.2 Å². The van der Waals surface area contributed by atoms with Crippen LogP contribution in [-0.4, -0.2) is 58.5 Å². The average molecular weight is 630 g/mol. The number of carbonyl (C=O) groups excluding carboxylic acids is 2. The maximum Gasteiger partial charge on any atom is 0.264 e. The van der Waals surface area contributed by atoms with Crippen LogP contribution in [0.25, 0.3) is 0 Å². The molecule has 11 heteroatoms. The summed E-state index contributed by atoms with van der Waals surface area (Å²) >= 11 is 6.46. The molecule has 0 bridgehead atoms. The monoisotopic (exact) mass is 629 g/mol. The number of rotatable bonds is 14. The highest BCUT2D eigenvalue weighted by molar-refractivity contribution is 7.92. The lowest BCUT2D eigenvalue weighted by Crippen LogP contribution is -2.52. The number of hydrogen-bond donors (Lipinski definition) is 1. The molecule has 0 unspecified atom stereocenters. The average Bonchev–Trinajstić information content (AvgIpc) is 2.99. The summed E-state index contributed by atoms with van der Waals surface area (Å²) in [6, 6.07) is 17.3. The Balaban J connectivity index is 2.09. The molecule has 3 rings (SSSR count). The van der Waals surface area contributed by atoms with Gasteiger partial charge in [0.1, 0.15) is 12.6 Å². The van der Waals surface area contributed by atoms with Crippen LogP contribution < -0.4 is 19.1 Å². The van der Waals surface area contributed by atoms with Crippen LogP contribution in [0.1, 0.15) is 38.3 Å². The van der Waals surface area contributed by atoms with Crippen molar-refractivity contribution < 1.29 is 27.5 Å². The van der Waals surface area contributed by atoms with Crippen LogP contribution in [0.2, 0.25) is 5.02 Å². The van der Waals surface area contributed by atoms with Crippen LogP contribution in [0.5, 0.6) is 11.5 Å². The zero-order valence-electron chi connectivity index (χ0n) is 25.5. The van der Waals surface area contributed by atoms with E-state index in [1.807, 2.05) is 27.7 Å². The van der Waals surface area contributed by atoms with Crippen molar-refractivity contribution in [3.8, 4) is 11.5 Å². The molecule has 0 saturated heterocycles. The van der Waals surface area contributed by atoms with Gasteiger partial charge in [0.2, 0.25) is 11.8 Å². The van der Waals surface area contributed by atoms with E-state index < -0.39 is 28.5 Å². The van der Waals surface area contributed by atoms with Crippen molar-refractivity contribution in [2.24, 2.45) is 5.92 Å². The summed E-state index contributed by atoms with van der Waals surface area (Å²) in [7, 11) is -1.41. The normalized spacial score (nSPS) is 12.0. The van der Waals surface area contributed by atoms with Gasteiger partial charge < -0.3 is 19.7 Å². The Morgan fingerprint density at radius 3 is 2.19 bits per heavy atom. The number of carbonyl (C=O) groups is 2. The number of amides is 2. The lowest BCUT2D eigenvalue weighted by molar-refractivity contribution is -0.140. The number of benzene rings is 3. The number of halogens is 1. The molecule has 232 valence electrons. The van der Waals surface area contributed by atoms with Crippen molar-refractivity contribution >= 4 is 39.1 Å². The topological polar surface area (TPSA) is 105 Å². The second-order valence-electron chi connectivity index (χ2n) is 10.5. The van der Waals surface area contributed by atoms with E-state index in [0.29, 0.717) is 35.0 Å². The molecule has 43 heavy (non-hydrogen) atoms. The number of methoxy groups -OCH3 is 2. The van der Waals surface area contributed by atoms with Gasteiger partial charge in [-0.05, 0) is 55.2 Å². The fourth-order valence-electron chi connectivity index (χ4n) is 4.50. The van der Waals surface area contributed by atoms with Crippen LogP contribution in [0.4, 0.5) is 5.69 Å². The van der Waals surface area contributed by atoms with E-state index in [2.05, 4.69) is 5.32 Å². The van der Waals surface area contributed by atoms with Gasteiger partial charge >= 0.3 is 0 Å². The largest absolute Gasteiger partial charge is 0.493 e. The molecule has 0 aliphatic carbocycles. The molecular formula is C32H40ClN3O6S. The van der Waals surface area contributed by atoms with E-state index in [1.54, 1.807) is 48.5 Å². The highest BCUT2D eigenvalue weighted by atomic mass is 35.5. The van der Waals surface area contributed by atoms with Crippen molar-refractivity contribution in [2.75, 3.05) is 31.6 Å². The van der Waals surface area contributed by atoms with Gasteiger partial charge in [-0.15, -0.1) is 0 Å². The highest BCUT2D eigenvalue weighted by Crippen LogP contribution is 2.32. The number of hydrogen-bond acceptors (Lipinski definition) is 6. The molecule has 2 amide bonds. The third-order valence-electron chi connectivity index (χ3n) is 6.91. The molecule has 0 aliphatic rings. The second kappa shape index (κ2) is 15.1. The molecule has 0 saturated carbocycles. The van der Waals surface area contributed by atoms with E-state index in [-0.39, 0.29) is 29.0 Å². The van der Waals surface area contributed by atoms with Crippen LogP contribution in [0, 0.1) is 12.8 Å². The molecule has 1 atom stereocenters.